The van der Waals surface area contributed by atoms with Gasteiger partial charge in [-0.05, 0) is 43.5 Å². The predicted octanol–water partition coefficient (Wildman–Crippen LogP) is 2.76. The van der Waals surface area contributed by atoms with Gasteiger partial charge in [0.15, 0.2) is 0 Å². The number of nitrogens with zero attached hydrogens (tertiary/aromatic N) is 5. The van der Waals surface area contributed by atoms with Gasteiger partial charge >= 0.3 is 0 Å². The average Bonchev–Trinajstić information content (AvgIpc) is 3.32. The Morgan fingerprint density at radius 2 is 1.97 bits per heavy atom. The molecule has 1 N–H and O–H groups in total. The van der Waals surface area contributed by atoms with Gasteiger partial charge in [0, 0.05) is 43.8 Å². The second-order valence-corrected chi connectivity index (χ2v) is 7.25. The fourth-order valence-electron chi connectivity index (χ4n) is 3.64. The molecule has 1 amide bonds. The van der Waals surface area contributed by atoms with Gasteiger partial charge < -0.3 is 19.3 Å². The van der Waals surface area contributed by atoms with Crippen molar-refractivity contribution in [2.45, 2.75) is 25.8 Å². The molecule has 4 heterocycles. The lowest BCUT2D eigenvalue weighted by Gasteiger charge is -2.27. The van der Waals surface area contributed by atoms with E-state index < -0.39 is 0 Å². The molecule has 8 nitrogen and oxygen atoms in total. The van der Waals surface area contributed by atoms with Gasteiger partial charge in [-0.25, -0.2) is 9.97 Å². The van der Waals surface area contributed by atoms with E-state index >= 15 is 0 Å². The standard InChI is InChI=1S/C22H25N5O3/c28-13-12-27(16-18-5-4-14-30-18)21(29)19-15-24-22(26-10-2-1-3-11-26)25-20(19)17-6-8-23-9-7-17/h4-9,14-15,28H,1-3,10-13,16H2. The Labute approximate surface area is 175 Å². The highest BCUT2D eigenvalue weighted by Crippen LogP contribution is 2.26. The van der Waals surface area contributed by atoms with E-state index in [2.05, 4.69) is 14.9 Å². The van der Waals surface area contributed by atoms with E-state index in [1.165, 1.54) is 6.42 Å². The summed E-state index contributed by atoms with van der Waals surface area (Å²) in [6.07, 6.45) is 9.97. The number of piperidine rings is 1. The monoisotopic (exact) mass is 407 g/mol. The predicted molar refractivity (Wildman–Crippen MR) is 112 cm³/mol. The van der Waals surface area contributed by atoms with Gasteiger partial charge in [-0.1, -0.05) is 0 Å². The first-order chi connectivity index (χ1) is 14.8. The van der Waals surface area contributed by atoms with Crippen molar-refractivity contribution in [1.29, 1.82) is 0 Å². The minimum Gasteiger partial charge on any atom is -0.467 e. The quantitative estimate of drug-likeness (QED) is 0.643. The first kappa shape index (κ1) is 20.0. The Bertz CT molecular complexity index is 956. The van der Waals surface area contributed by atoms with Gasteiger partial charge in [-0.15, -0.1) is 0 Å². The molecule has 30 heavy (non-hydrogen) atoms. The second kappa shape index (κ2) is 9.49. The lowest BCUT2D eigenvalue weighted by atomic mass is 10.1. The molecule has 0 aliphatic carbocycles. The fraction of sp³-hybridized carbons (Fsp3) is 0.364. The molecule has 0 spiro atoms. The van der Waals surface area contributed by atoms with Crippen molar-refractivity contribution >= 4 is 11.9 Å². The van der Waals surface area contributed by atoms with Gasteiger partial charge in [-0.3, -0.25) is 9.78 Å². The van der Waals surface area contributed by atoms with Crippen LogP contribution in [0.25, 0.3) is 11.3 Å². The van der Waals surface area contributed by atoms with Crippen LogP contribution in [0.5, 0.6) is 0 Å². The van der Waals surface area contributed by atoms with Crippen LogP contribution in [-0.4, -0.2) is 57.1 Å². The average molecular weight is 407 g/mol. The molecule has 0 unspecified atom stereocenters. The van der Waals surface area contributed by atoms with Gasteiger partial charge in [0.25, 0.3) is 5.91 Å². The van der Waals surface area contributed by atoms with Gasteiger partial charge in [-0.2, -0.15) is 0 Å². The maximum Gasteiger partial charge on any atom is 0.258 e. The number of aliphatic hydroxyl groups is 1. The second-order valence-electron chi connectivity index (χ2n) is 7.25. The van der Waals surface area contributed by atoms with Crippen LogP contribution in [0, 0.1) is 0 Å². The molecule has 1 saturated heterocycles. The third kappa shape index (κ3) is 4.49. The fourth-order valence-corrected chi connectivity index (χ4v) is 3.64. The Kier molecular flexibility index (Phi) is 6.34. The SMILES string of the molecule is O=C(c1cnc(N2CCCCC2)nc1-c1ccncc1)N(CCO)Cc1ccco1. The zero-order valence-corrected chi connectivity index (χ0v) is 16.8. The first-order valence-electron chi connectivity index (χ1n) is 10.2. The highest BCUT2D eigenvalue weighted by Gasteiger charge is 2.24. The lowest BCUT2D eigenvalue weighted by Crippen LogP contribution is -2.34. The molecule has 0 saturated carbocycles. The third-order valence-corrected chi connectivity index (χ3v) is 5.18. The number of hydrogen-bond acceptors (Lipinski definition) is 7. The molecule has 156 valence electrons. The Balaban J connectivity index is 1.70. The molecule has 1 aliphatic heterocycles. The number of pyridine rings is 1. The molecule has 0 aromatic carbocycles. The number of furan rings is 1. The van der Waals surface area contributed by atoms with Crippen molar-refractivity contribution < 1.29 is 14.3 Å². The van der Waals surface area contributed by atoms with Crippen molar-refractivity contribution in [2.75, 3.05) is 31.1 Å². The lowest BCUT2D eigenvalue weighted by molar-refractivity contribution is 0.0695. The molecule has 3 aromatic heterocycles. The van der Waals surface area contributed by atoms with Crippen LogP contribution < -0.4 is 4.90 Å². The van der Waals surface area contributed by atoms with Crippen LogP contribution in [0.15, 0.2) is 53.5 Å². The summed E-state index contributed by atoms with van der Waals surface area (Å²) >= 11 is 0. The molecule has 1 fully saturated rings. The van der Waals surface area contributed by atoms with Crippen molar-refractivity contribution in [2.24, 2.45) is 0 Å². The highest BCUT2D eigenvalue weighted by atomic mass is 16.3. The Morgan fingerprint density at radius 1 is 1.17 bits per heavy atom. The van der Waals surface area contributed by atoms with E-state index in [0.717, 1.165) is 31.5 Å². The molecule has 0 atom stereocenters. The summed E-state index contributed by atoms with van der Waals surface area (Å²) < 4.78 is 5.39. The maximum atomic E-state index is 13.4. The van der Waals surface area contributed by atoms with E-state index in [4.69, 9.17) is 9.40 Å². The number of anilines is 1. The number of hydrogen-bond donors (Lipinski definition) is 1. The van der Waals surface area contributed by atoms with Crippen LogP contribution >= 0.6 is 0 Å². The number of aromatic nitrogens is 3. The summed E-state index contributed by atoms with van der Waals surface area (Å²) in [4.78, 5) is 30.5. The minimum absolute atomic E-state index is 0.149. The van der Waals surface area contributed by atoms with Crippen molar-refractivity contribution in [1.82, 2.24) is 19.9 Å². The molecular formula is C22H25N5O3. The summed E-state index contributed by atoms with van der Waals surface area (Å²) in [6.45, 7) is 2.12. The van der Waals surface area contributed by atoms with Crippen LogP contribution in [0.1, 0.15) is 35.4 Å². The Hall–Kier alpha value is -3.26. The van der Waals surface area contributed by atoms with E-state index in [-0.39, 0.29) is 25.6 Å². The molecule has 4 rings (SSSR count). The van der Waals surface area contributed by atoms with E-state index in [0.29, 0.717) is 23.0 Å². The number of rotatable bonds is 7. The molecule has 0 radical (unpaired) electrons. The summed E-state index contributed by atoms with van der Waals surface area (Å²) in [6, 6.07) is 7.25. The summed E-state index contributed by atoms with van der Waals surface area (Å²) in [7, 11) is 0. The van der Waals surface area contributed by atoms with Crippen LogP contribution in [0.3, 0.4) is 0 Å². The summed E-state index contributed by atoms with van der Waals surface area (Å²) in [5, 5.41) is 9.49. The first-order valence-corrected chi connectivity index (χ1v) is 10.2. The van der Waals surface area contributed by atoms with Crippen LogP contribution in [0.2, 0.25) is 0 Å². The Morgan fingerprint density at radius 3 is 2.67 bits per heavy atom. The number of amides is 1. The molecular weight excluding hydrogens is 382 g/mol. The molecule has 0 bridgehead atoms. The maximum absolute atomic E-state index is 13.4. The van der Waals surface area contributed by atoms with E-state index in [1.807, 2.05) is 12.1 Å². The van der Waals surface area contributed by atoms with Gasteiger partial charge in [0.2, 0.25) is 5.95 Å². The topological polar surface area (TPSA) is 95.6 Å². The molecule has 1 aliphatic rings. The highest BCUT2D eigenvalue weighted by molar-refractivity contribution is 5.99. The van der Waals surface area contributed by atoms with Crippen LogP contribution in [-0.2, 0) is 6.54 Å². The molecule has 3 aromatic rings. The third-order valence-electron chi connectivity index (χ3n) is 5.18. The number of carbonyl (C=O) groups excluding carboxylic acids is 1. The summed E-state index contributed by atoms with van der Waals surface area (Å²) in [5.41, 5.74) is 1.76. The molecule has 8 heteroatoms. The normalized spacial score (nSPS) is 14.0. The van der Waals surface area contributed by atoms with Crippen LogP contribution in [0.4, 0.5) is 5.95 Å². The van der Waals surface area contributed by atoms with Crippen molar-refractivity contribution in [3.05, 3.63) is 60.4 Å². The largest absolute Gasteiger partial charge is 0.467 e. The zero-order chi connectivity index (χ0) is 20.8. The van der Waals surface area contributed by atoms with Crippen molar-refractivity contribution in [3.8, 4) is 11.3 Å². The van der Waals surface area contributed by atoms with E-state index in [9.17, 15) is 9.90 Å². The summed E-state index contributed by atoms with van der Waals surface area (Å²) in [5.74, 6) is 1.03. The van der Waals surface area contributed by atoms with E-state index in [1.54, 1.807) is 41.9 Å². The van der Waals surface area contributed by atoms with Crippen molar-refractivity contribution in [3.63, 3.8) is 0 Å². The number of carbonyl (C=O) groups is 1. The van der Waals surface area contributed by atoms with Gasteiger partial charge in [0.1, 0.15) is 5.76 Å². The van der Waals surface area contributed by atoms with Gasteiger partial charge in [0.05, 0.1) is 30.7 Å². The smallest absolute Gasteiger partial charge is 0.258 e. The number of aliphatic hydroxyl groups excluding tert-OH is 1. The minimum atomic E-state index is -0.252. The zero-order valence-electron chi connectivity index (χ0n) is 16.8.